The third-order valence-electron chi connectivity index (χ3n) is 5.24. The SMILES string of the molecule is COc1ccc(-c2cc(-c3ccccc3)cc(-c3ccc(OC)c(OC)c3)[o+]2)cc1OC. The van der Waals surface area contributed by atoms with Gasteiger partial charge in [0, 0.05) is 17.7 Å². The second kappa shape index (κ2) is 9.43. The van der Waals surface area contributed by atoms with Crippen LogP contribution in [0.15, 0.2) is 83.3 Å². The summed E-state index contributed by atoms with van der Waals surface area (Å²) in [5, 5.41) is 0. The Bertz CT molecular complexity index is 1140. The molecule has 0 N–H and O–H groups in total. The lowest BCUT2D eigenvalue weighted by molar-refractivity contribution is 0.355. The van der Waals surface area contributed by atoms with Crippen LogP contribution in [0.5, 0.6) is 23.0 Å². The van der Waals surface area contributed by atoms with Gasteiger partial charge in [0.05, 0.1) is 51.7 Å². The van der Waals surface area contributed by atoms with Crippen molar-refractivity contribution in [2.24, 2.45) is 0 Å². The van der Waals surface area contributed by atoms with Crippen LogP contribution < -0.4 is 18.9 Å². The van der Waals surface area contributed by atoms with Crippen LogP contribution in [0.2, 0.25) is 0 Å². The number of rotatable bonds is 7. The molecule has 0 saturated heterocycles. The van der Waals surface area contributed by atoms with Gasteiger partial charge in [0.2, 0.25) is 0 Å². The summed E-state index contributed by atoms with van der Waals surface area (Å²) in [6, 6.07) is 25.7. The van der Waals surface area contributed by atoms with Crippen LogP contribution in [0.25, 0.3) is 33.8 Å². The molecule has 0 aliphatic rings. The maximum Gasteiger partial charge on any atom is 0.361 e. The normalized spacial score (nSPS) is 10.5. The summed E-state index contributed by atoms with van der Waals surface area (Å²) in [7, 11) is 6.47. The fourth-order valence-electron chi connectivity index (χ4n) is 3.56. The minimum Gasteiger partial charge on any atom is -0.493 e. The molecule has 32 heavy (non-hydrogen) atoms. The molecule has 1 aromatic heterocycles. The molecule has 0 unspecified atom stereocenters. The van der Waals surface area contributed by atoms with E-state index in [1.807, 2.05) is 66.7 Å². The van der Waals surface area contributed by atoms with Gasteiger partial charge >= 0.3 is 11.5 Å². The first kappa shape index (κ1) is 21.2. The van der Waals surface area contributed by atoms with E-state index in [0.29, 0.717) is 34.5 Å². The van der Waals surface area contributed by atoms with E-state index < -0.39 is 0 Å². The Kier molecular flexibility index (Phi) is 6.26. The maximum atomic E-state index is 6.36. The predicted molar refractivity (Wildman–Crippen MR) is 126 cm³/mol. The van der Waals surface area contributed by atoms with E-state index in [1.54, 1.807) is 28.4 Å². The van der Waals surface area contributed by atoms with Crippen molar-refractivity contribution >= 4 is 0 Å². The molecule has 0 aliphatic heterocycles. The van der Waals surface area contributed by atoms with Gasteiger partial charge in [-0.3, -0.25) is 0 Å². The van der Waals surface area contributed by atoms with Gasteiger partial charge in [-0.15, -0.1) is 0 Å². The second-order valence-electron chi connectivity index (χ2n) is 7.08. The van der Waals surface area contributed by atoms with Gasteiger partial charge in [-0.1, -0.05) is 30.3 Å². The van der Waals surface area contributed by atoms with Crippen LogP contribution in [0.1, 0.15) is 0 Å². The Morgan fingerprint density at radius 2 is 0.906 bits per heavy atom. The molecule has 5 heteroatoms. The molecular formula is C27H25O5+. The van der Waals surface area contributed by atoms with Crippen molar-refractivity contribution < 1.29 is 23.4 Å². The van der Waals surface area contributed by atoms with Gasteiger partial charge in [0.25, 0.3) is 0 Å². The quantitative estimate of drug-likeness (QED) is 0.310. The van der Waals surface area contributed by atoms with Gasteiger partial charge in [-0.25, -0.2) is 4.42 Å². The number of hydrogen-bond donors (Lipinski definition) is 0. The van der Waals surface area contributed by atoms with Crippen LogP contribution >= 0.6 is 0 Å². The highest BCUT2D eigenvalue weighted by atomic mass is 16.5. The predicted octanol–water partition coefficient (Wildman–Crippen LogP) is 6.60. The number of hydrogen-bond acceptors (Lipinski definition) is 4. The van der Waals surface area contributed by atoms with Crippen molar-refractivity contribution in [2.45, 2.75) is 0 Å². The van der Waals surface area contributed by atoms with Gasteiger partial charge in [-0.05, 0) is 29.8 Å². The van der Waals surface area contributed by atoms with E-state index in [2.05, 4.69) is 12.1 Å². The molecule has 0 bridgehead atoms. The van der Waals surface area contributed by atoms with Crippen molar-refractivity contribution in [2.75, 3.05) is 28.4 Å². The number of benzene rings is 3. The van der Waals surface area contributed by atoms with E-state index in [4.69, 9.17) is 23.4 Å². The van der Waals surface area contributed by atoms with Crippen LogP contribution in [0, 0.1) is 0 Å². The van der Waals surface area contributed by atoms with Crippen LogP contribution in [0.4, 0.5) is 0 Å². The summed E-state index contributed by atoms with van der Waals surface area (Å²) in [4.78, 5) is 0. The zero-order valence-corrected chi connectivity index (χ0v) is 18.5. The largest absolute Gasteiger partial charge is 0.493 e. The van der Waals surface area contributed by atoms with Crippen LogP contribution in [-0.2, 0) is 0 Å². The lowest BCUT2D eigenvalue weighted by Crippen LogP contribution is -1.92. The van der Waals surface area contributed by atoms with Crippen molar-refractivity contribution in [3.63, 3.8) is 0 Å². The highest BCUT2D eigenvalue weighted by Gasteiger charge is 2.23. The van der Waals surface area contributed by atoms with Crippen LogP contribution in [-0.4, -0.2) is 28.4 Å². The molecule has 0 radical (unpaired) electrons. The summed E-state index contributed by atoms with van der Waals surface area (Å²) in [6.45, 7) is 0. The third kappa shape index (κ3) is 4.23. The summed E-state index contributed by atoms with van der Waals surface area (Å²) in [5.41, 5.74) is 3.88. The molecule has 162 valence electrons. The number of methoxy groups -OCH3 is 4. The average molecular weight is 429 g/mol. The van der Waals surface area contributed by atoms with E-state index in [1.165, 1.54) is 0 Å². The van der Waals surface area contributed by atoms with E-state index >= 15 is 0 Å². The molecule has 3 aromatic carbocycles. The molecule has 0 amide bonds. The Labute approximate surface area is 187 Å². The molecule has 4 rings (SSSR count). The van der Waals surface area contributed by atoms with Gasteiger partial charge in [-0.2, -0.15) is 0 Å². The average Bonchev–Trinajstić information content (AvgIpc) is 2.88. The molecule has 5 nitrogen and oxygen atoms in total. The van der Waals surface area contributed by atoms with E-state index in [0.717, 1.165) is 22.3 Å². The summed E-state index contributed by atoms with van der Waals surface area (Å²) < 4.78 is 28.1. The van der Waals surface area contributed by atoms with Crippen molar-refractivity contribution in [3.8, 4) is 56.8 Å². The lowest BCUT2D eigenvalue weighted by atomic mass is 10.0. The standard InChI is InChI=1S/C27H25O5/c1-28-22-12-10-19(14-26(22)30-3)24-16-21(18-8-6-5-7-9-18)17-25(32-24)20-11-13-23(29-2)27(15-20)31-4/h5-17H,1-4H3/q+1. The van der Waals surface area contributed by atoms with E-state index in [9.17, 15) is 0 Å². The highest BCUT2D eigenvalue weighted by Crippen LogP contribution is 2.38. The third-order valence-corrected chi connectivity index (χ3v) is 5.24. The first-order valence-electron chi connectivity index (χ1n) is 10.1. The Balaban J connectivity index is 1.90. The summed E-state index contributed by atoms with van der Waals surface area (Å²) in [5.74, 6) is 4.01. The van der Waals surface area contributed by atoms with Crippen molar-refractivity contribution in [1.82, 2.24) is 0 Å². The fourth-order valence-corrected chi connectivity index (χ4v) is 3.56. The summed E-state index contributed by atoms with van der Waals surface area (Å²) in [6.07, 6.45) is 0. The maximum absolute atomic E-state index is 6.36. The smallest absolute Gasteiger partial charge is 0.361 e. The van der Waals surface area contributed by atoms with Crippen LogP contribution in [0.3, 0.4) is 0 Å². The zero-order valence-electron chi connectivity index (χ0n) is 18.5. The lowest BCUT2D eigenvalue weighted by Gasteiger charge is -2.09. The summed E-state index contributed by atoms with van der Waals surface area (Å²) >= 11 is 0. The topological polar surface area (TPSA) is 48.2 Å². The van der Waals surface area contributed by atoms with Gasteiger partial charge in [0.15, 0.2) is 23.0 Å². The molecule has 0 saturated carbocycles. The first-order chi connectivity index (χ1) is 15.7. The number of ether oxygens (including phenoxy) is 4. The molecule has 0 aliphatic carbocycles. The molecule has 0 fully saturated rings. The monoisotopic (exact) mass is 429 g/mol. The fraction of sp³-hybridized carbons (Fsp3) is 0.148. The molecule has 0 spiro atoms. The van der Waals surface area contributed by atoms with Crippen molar-refractivity contribution in [3.05, 3.63) is 78.9 Å². The Hall–Kier alpha value is -3.99. The van der Waals surface area contributed by atoms with E-state index in [-0.39, 0.29) is 0 Å². The minimum atomic E-state index is 0.637. The highest BCUT2D eigenvalue weighted by molar-refractivity contribution is 5.76. The molecule has 4 aromatic rings. The van der Waals surface area contributed by atoms with Gasteiger partial charge < -0.3 is 18.9 Å². The zero-order chi connectivity index (χ0) is 22.5. The first-order valence-corrected chi connectivity index (χ1v) is 10.1. The molecule has 1 heterocycles. The van der Waals surface area contributed by atoms with Crippen molar-refractivity contribution in [1.29, 1.82) is 0 Å². The molecular weight excluding hydrogens is 404 g/mol. The Morgan fingerprint density at radius 1 is 0.438 bits per heavy atom. The minimum absolute atomic E-state index is 0.637. The molecule has 0 atom stereocenters. The Morgan fingerprint density at radius 3 is 1.34 bits per heavy atom. The van der Waals surface area contributed by atoms with Gasteiger partial charge in [0.1, 0.15) is 0 Å². The second-order valence-corrected chi connectivity index (χ2v) is 7.08.